The largest absolute Gasteiger partial charge is 0.444 e. The number of pyridine rings is 1. The van der Waals surface area contributed by atoms with Crippen LogP contribution in [0.1, 0.15) is 40.0 Å². The molecule has 8 nitrogen and oxygen atoms in total. The number of carbonyl (C=O) groups is 1. The van der Waals surface area contributed by atoms with Crippen molar-refractivity contribution in [2.24, 2.45) is 0 Å². The molecule has 0 unspecified atom stereocenters. The minimum Gasteiger partial charge on any atom is -0.444 e. The van der Waals surface area contributed by atoms with E-state index in [1.54, 1.807) is 0 Å². The molecule has 0 aliphatic carbocycles. The van der Waals surface area contributed by atoms with Crippen LogP contribution in [0.25, 0.3) is 10.9 Å². The van der Waals surface area contributed by atoms with Crippen molar-refractivity contribution in [2.45, 2.75) is 45.6 Å². The Labute approximate surface area is 158 Å². The van der Waals surface area contributed by atoms with E-state index in [-0.39, 0.29) is 5.69 Å². The lowest BCUT2D eigenvalue weighted by molar-refractivity contribution is -0.384. The molecular weight excluding hydrogens is 348 g/mol. The Bertz CT molecular complexity index is 802. The second-order valence-corrected chi connectivity index (χ2v) is 7.21. The predicted octanol–water partition coefficient (Wildman–Crippen LogP) is 4.25. The molecule has 0 atom stereocenters. The number of ether oxygens (including phenoxy) is 1. The molecule has 0 spiro atoms. The van der Waals surface area contributed by atoms with Gasteiger partial charge in [0.15, 0.2) is 0 Å². The molecule has 2 aromatic rings. The van der Waals surface area contributed by atoms with Crippen molar-refractivity contribution in [3.05, 3.63) is 40.6 Å². The predicted molar refractivity (Wildman–Crippen MR) is 105 cm³/mol. The van der Waals surface area contributed by atoms with Crippen molar-refractivity contribution in [1.29, 1.82) is 0 Å². The van der Waals surface area contributed by atoms with Gasteiger partial charge in [-0.15, -0.1) is 0 Å². The molecule has 146 valence electrons. The number of nitro groups is 1. The van der Waals surface area contributed by atoms with Gasteiger partial charge >= 0.3 is 11.8 Å². The van der Waals surface area contributed by atoms with Crippen LogP contribution in [0.3, 0.4) is 0 Å². The fourth-order valence-corrected chi connectivity index (χ4v) is 2.60. The van der Waals surface area contributed by atoms with Gasteiger partial charge in [-0.05, 0) is 46.1 Å². The quantitative estimate of drug-likeness (QED) is 0.406. The number of anilines is 1. The summed E-state index contributed by atoms with van der Waals surface area (Å²) in [5.74, 6) is 0. The van der Waals surface area contributed by atoms with Crippen molar-refractivity contribution in [3.8, 4) is 0 Å². The number of unbranched alkanes of at least 4 members (excludes halogenated alkanes) is 2. The molecule has 0 fully saturated rings. The highest BCUT2D eigenvalue weighted by atomic mass is 16.6. The van der Waals surface area contributed by atoms with Crippen LogP contribution < -0.4 is 10.6 Å². The molecular formula is C19H26N4O4. The molecule has 8 heteroatoms. The lowest BCUT2D eigenvalue weighted by atomic mass is 10.1. The number of benzene rings is 1. The van der Waals surface area contributed by atoms with E-state index in [2.05, 4.69) is 15.6 Å². The summed E-state index contributed by atoms with van der Waals surface area (Å²) in [6, 6.07) is 7.33. The first-order valence-corrected chi connectivity index (χ1v) is 9.01. The average molecular weight is 374 g/mol. The molecule has 1 aromatic carbocycles. The lowest BCUT2D eigenvalue weighted by Crippen LogP contribution is -2.33. The van der Waals surface area contributed by atoms with Crippen molar-refractivity contribution < 1.29 is 14.5 Å². The van der Waals surface area contributed by atoms with Crippen LogP contribution in [0.15, 0.2) is 30.5 Å². The topological polar surface area (TPSA) is 106 Å². The molecule has 0 saturated carbocycles. The number of nitrogens with one attached hydrogen (secondary N) is 2. The van der Waals surface area contributed by atoms with Crippen molar-refractivity contribution >= 4 is 28.4 Å². The summed E-state index contributed by atoms with van der Waals surface area (Å²) in [5, 5.41) is 17.9. The van der Waals surface area contributed by atoms with Gasteiger partial charge in [-0.3, -0.25) is 10.1 Å². The highest BCUT2D eigenvalue weighted by Gasteiger charge is 2.17. The third-order valence-corrected chi connectivity index (χ3v) is 3.78. The Kier molecular flexibility index (Phi) is 6.92. The molecule has 1 aromatic heterocycles. The van der Waals surface area contributed by atoms with Gasteiger partial charge in [0.2, 0.25) is 0 Å². The first-order valence-electron chi connectivity index (χ1n) is 9.01. The van der Waals surface area contributed by atoms with Gasteiger partial charge in [-0.1, -0.05) is 18.2 Å². The molecule has 2 rings (SSSR count). The molecule has 2 N–H and O–H groups in total. The van der Waals surface area contributed by atoms with E-state index < -0.39 is 16.6 Å². The highest BCUT2D eigenvalue weighted by Crippen LogP contribution is 2.31. The maximum absolute atomic E-state index is 11.5. The maximum atomic E-state index is 11.5. The van der Waals surface area contributed by atoms with Crippen LogP contribution in [0.2, 0.25) is 0 Å². The monoisotopic (exact) mass is 374 g/mol. The minimum atomic E-state index is -0.504. The van der Waals surface area contributed by atoms with Gasteiger partial charge in [0.1, 0.15) is 17.5 Å². The summed E-state index contributed by atoms with van der Waals surface area (Å²) in [6.07, 6.45) is 3.37. The van der Waals surface area contributed by atoms with Crippen LogP contribution in [0, 0.1) is 10.1 Å². The van der Waals surface area contributed by atoms with E-state index in [9.17, 15) is 14.9 Å². The van der Waals surface area contributed by atoms with Crippen molar-refractivity contribution in [2.75, 3.05) is 18.4 Å². The summed E-state index contributed by atoms with van der Waals surface area (Å²) in [7, 11) is 0. The van der Waals surface area contributed by atoms with Gasteiger partial charge < -0.3 is 15.4 Å². The van der Waals surface area contributed by atoms with Gasteiger partial charge in [-0.2, -0.15) is 0 Å². The summed E-state index contributed by atoms with van der Waals surface area (Å²) >= 11 is 0. The zero-order valence-corrected chi connectivity index (χ0v) is 15.9. The third-order valence-electron chi connectivity index (χ3n) is 3.78. The van der Waals surface area contributed by atoms with Crippen LogP contribution >= 0.6 is 0 Å². The van der Waals surface area contributed by atoms with Gasteiger partial charge in [-0.25, -0.2) is 9.78 Å². The molecule has 0 aliphatic rings. The fourth-order valence-electron chi connectivity index (χ4n) is 2.60. The zero-order chi connectivity index (χ0) is 19.9. The Morgan fingerprint density at radius 1 is 1.19 bits per heavy atom. The maximum Gasteiger partial charge on any atom is 0.407 e. The molecule has 0 aliphatic heterocycles. The normalized spacial score (nSPS) is 11.2. The smallest absolute Gasteiger partial charge is 0.407 e. The highest BCUT2D eigenvalue weighted by molar-refractivity contribution is 5.95. The third kappa shape index (κ3) is 6.40. The van der Waals surface area contributed by atoms with E-state index in [1.165, 1.54) is 6.20 Å². The number of para-hydroxylation sites is 1. The first kappa shape index (κ1) is 20.4. The first-order chi connectivity index (χ1) is 12.8. The molecule has 27 heavy (non-hydrogen) atoms. The Morgan fingerprint density at radius 3 is 2.59 bits per heavy atom. The average Bonchev–Trinajstić information content (AvgIpc) is 2.59. The number of amides is 1. The summed E-state index contributed by atoms with van der Waals surface area (Å²) < 4.78 is 5.17. The second-order valence-electron chi connectivity index (χ2n) is 7.21. The van der Waals surface area contributed by atoms with Crippen LogP contribution in [0.5, 0.6) is 0 Å². The summed E-state index contributed by atoms with van der Waals surface area (Å²) in [6.45, 7) is 6.59. The van der Waals surface area contributed by atoms with E-state index in [4.69, 9.17) is 4.74 Å². The number of hydrogen-bond donors (Lipinski definition) is 2. The van der Waals surface area contributed by atoms with Gasteiger partial charge in [0.25, 0.3) is 0 Å². The standard InChI is InChI=1S/C19H26N4O4/c1-19(2,3)27-18(24)21-12-8-4-7-11-20-17-14-9-5-6-10-15(14)22-13-16(17)23(25)26/h5-6,9-10,13H,4,7-8,11-12H2,1-3H3,(H,20,22)(H,21,24). The molecule has 1 heterocycles. The molecule has 1 amide bonds. The van der Waals surface area contributed by atoms with Crippen LogP contribution in [-0.4, -0.2) is 34.7 Å². The molecule has 0 saturated heterocycles. The summed E-state index contributed by atoms with van der Waals surface area (Å²) in [5.41, 5.74) is 0.681. The van der Waals surface area contributed by atoms with Crippen molar-refractivity contribution in [3.63, 3.8) is 0 Å². The fraction of sp³-hybridized carbons (Fsp3) is 0.474. The van der Waals surface area contributed by atoms with Crippen LogP contribution in [-0.2, 0) is 4.74 Å². The Balaban J connectivity index is 1.80. The van der Waals surface area contributed by atoms with Crippen LogP contribution in [0.4, 0.5) is 16.2 Å². The number of rotatable bonds is 8. The molecule has 0 radical (unpaired) electrons. The van der Waals surface area contributed by atoms with E-state index in [0.29, 0.717) is 24.3 Å². The lowest BCUT2D eigenvalue weighted by Gasteiger charge is -2.19. The number of aromatic nitrogens is 1. The number of nitrogens with zero attached hydrogens (tertiary/aromatic N) is 2. The number of alkyl carbamates (subject to hydrolysis) is 1. The van der Waals surface area contributed by atoms with Crippen molar-refractivity contribution in [1.82, 2.24) is 10.3 Å². The van der Waals surface area contributed by atoms with Gasteiger partial charge in [0, 0.05) is 18.5 Å². The Morgan fingerprint density at radius 2 is 1.89 bits per heavy atom. The number of carbonyl (C=O) groups excluding carboxylic acids is 1. The summed E-state index contributed by atoms with van der Waals surface area (Å²) in [4.78, 5) is 26.5. The van der Waals surface area contributed by atoms with Gasteiger partial charge in [0.05, 0.1) is 10.4 Å². The van der Waals surface area contributed by atoms with E-state index in [1.807, 2.05) is 45.0 Å². The minimum absolute atomic E-state index is 0.0275. The second kappa shape index (κ2) is 9.16. The SMILES string of the molecule is CC(C)(C)OC(=O)NCCCCCNc1c([N+](=O)[O-])cnc2ccccc12. The number of hydrogen-bond acceptors (Lipinski definition) is 6. The van der Waals surface area contributed by atoms with E-state index in [0.717, 1.165) is 24.6 Å². The Hall–Kier alpha value is -2.90. The zero-order valence-electron chi connectivity index (χ0n) is 15.9. The molecule has 0 bridgehead atoms. The number of fused-ring (bicyclic) bond motifs is 1. The van der Waals surface area contributed by atoms with E-state index >= 15 is 0 Å².